The molecule has 0 radical (unpaired) electrons. The zero-order valence-electron chi connectivity index (χ0n) is 14.0. The number of ether oxygens (including phenoxy) is 1. The Labute approximate surface area is 137 Å². The lowest BCUT2D eigenvalue weighted by molar-refractivity contribution is -0.145. The predicted octanol–water partition coefficient (Wildman–Crippen LogP) is 1.94. The van der Waals surface area contributed by atoms with Crippen molar-refractivity contribution >= 4 is 5.97 Å². The molecule has 0 amide bonds. The van der Waals surface area contributed by atoms with Gasteiger partial charge in [-0.25, -0.2) is 0 Å². The molecule has 2 atom stereocenters. The average molecular weight is 322 g/mol. The summed E-state index contributed by atoms with van der Waals surface area (Å²) in [5, 5.41) is 19.5. The molecule has 0 aliphatic carbocycles. The van der Waals surface area contributed by atoms with Gasteiger partial charge in [0.1, 0.15) is 6.04 Å². The molecule has 1 aromatic rings. The minimum atomic E-state index is -0.881. The summed E-state index contributed by atoms with van der Waals surface area (Å²) < 4.78 is 5.11. The first-order valence-corrected chi connectivity index (χ1v) is 8.05. The minimum Gasteiger partial charge on any atom is -0.504 e. The zero-order chi connectivity index (χ0) is 17.0. The van der Waals surface area contributed by atoms with Crippen LogP contribution in [-0.2, 0) is 4.79 Å². The second-order valence-corrected chi connectivity index (χ2v) is 6.06. The third-order valence-corrected chi connectivity index (χ3v) is 4.39. The first-order chi connectivity index (χ1) is 11.0. The van der Waals surface area contributed by atoms with Gasteiger partial charge < -0.3 is 19.8 Å². The molecule has 6 heteroatoms. The van der Waals surface area contributed by atoms with Crippen molar-refractivity contribution in [1.82, 2.24) is 9.80 Å². The summed E-state index contributed by atoms with van der Waals surface area (Å²) in [5.74, 6) is -0.569. The van der Waals surface area contributed by atoms with Crippen LogP contribution < -0.4 is 4.74 Å². The van der Waals surface area contributed by atoms with Crippen molar-refractivity contribution in [2.75, 3.05) is 33.3 Å². The van der Waals surface area contributed by atoms with Gasteiger partial charge in [-0.05, 0) is 37.6 Å². The van der Waals surface area contributed by atoms with Crippen molar-refractivity contribution in [3.63, 3.8) is 0 Å². The summed E-state index contributed by atoms with van der Waals surface area (Å²) >= 11 is 0. The van der Waals surface area contributed by atoms with Crippen LogP contribution in [0, 0.1) is 0 Å². The van der Waals surface area contributed by atoms with E-state index in [4.69, 9.17) is 4.74 Å². The fraction of sp³-hybridized carbons (Fsp3) is 0.588. The number of hydrogen-bond acceptors (Lipinski definition) is 5. The summed E-state index contributed by atoms with van der Waals surface area (Å²) in [6.07, 6.45) is 1.10. The van der Waals surface area contributed by atoms with Gasteiger partial charge in [-0.2, -0.15) is 0 Å². The molecule has 1 saturated heterocycles. The topological polar surface area (TPSA) is 73.2 Å². The lowest BCUT2D eigenvalue weighted by Crippen LogP contribution is -2.54. The molecule has 1 aliphatic rings. The Balaban J connectivity index is 2.24. The number of benzene rings is 1. The first kappa shape index (κ1) is 17.6. The highest BCUT2D eigenvalue weighted by Gasteiger charge is 2.34. The Bertz CT molecular complexity index is 549. The average Bonchev–Trinajstić information content (AvgIpc) is 2.51. The quantitative estimate of drug-likeness (QED) is 0.834. The number of aromatic hydroxyl groups is 1. The monoisotopic (exact) mass is 322 g/mol. The zero-order valence-corrected chi connectivity index (χ0v) is 14.0. The van der Waals surface area contributed by atoms with Crippen LogP contribution in [0.25, 0.3) is 0 Å². The lowest BCUT2D eigenvalue weighted by atomic mass is 10.0. The highest BCUT2D eigenvalue weighted by molar-refractivity contribution is 5.76. The van der Waals surface area contributed by atoms with E-state index in [1.165, 1.54) is 13.2 Å². The van der Waals surface area contributed by atoms with E-state index in [0.29, 0.717) is 17.9 Å². The molecule has 6 nitrogen and oxygen atoms in total. The number of phenols is 1. The van der Waals surface area contributed by atoms with Crippen molar-refractivity contribution in [3.8, 4) is 11.5 Å². The molecule has 0 saturated carbocycles. The van der Waals surface area contributed by atoms with E-state index >= 15 is 0 Å². The van der Waals surface area contributed by atoms with Crippen molar-refractivity contribution in [2.24, 2.45) is 0 Å². The van der Waals surface area contributed by atoms with Gasteiger partial charge in [0.25, 0.3) is 0 Å². The molecule has 0 aromatic heterocycles. The van der Waals surface area contributed by atoms with Gasteiger partial charge in [-0.3, -0.25) is 9.69 Å². The molecule has 1 aliphatic heterocycles. The fourth-order valence-corrected chi connectivity index (χ4v) is 3.29. The normalized spacial score (nSPS) is 21.1. The maximum absolute atomic E-state index is 11.9. The van der Waals surface area contributed by atoms with E-state index in [1.807, 2.05) is 4.90 Å². The molecule has 0 bridgehead atoms. The third kappa shape index (κ3) is 3.95. The van der Waals surface area contributed by atoms with Crippen LogP contribution in [0.4, 0.5) is 0 Å². The molecule has 0 spiro atoms. The molecule has 2 unspecified atom stereocenters. The number of carbonyl (C=O) groups is 1. The van der Waals surface area contributed by atoms with E-state index in [2.05, 4.69) is 18.7 Å². The maximum atomic E-state index is 11.9. The molecular weight excluding hydrogens is 296 g/mol. The highest BCUT2D eigenvalue weighted by Crippen LogP contribution is 2.32. The van der Waals surface area contributed by atoms with E-state index in [9.17, 15) is 15.0 Å². The second kappa shape index (κ2) is 7.66. The molecule has 2 N–H and O–H groups in total. The van der Waals surface area contributed by atoms with Crippen LogP contribution in [0.2, 0.25) is 0 Å². The van der Waals surface area contributed by atoms with Gasteiger partial charge >= 0.3 is 5.97 Å². The largest absolute Gasteiger partial charge is 0.504 e. The van der Waals surface area contributed by atoms with Gasteiger partial charge in [0.05, 0.1) is 7.11 Å². The van der Waals surface area contributed by atoms with Crippen LogP contribution in [0.5, 0.6) is 11.5 Å². The van der Waals surface area contributed by atoms with Crippen LogP contribution in [-0.4, -0.2) is 65.3 Å². The Hall–Kier alpha value is -1.79. The summed E-state index contributed by atoms with van der Waals surface area (Å²) in [6.45, 7) is 7.71. The molecule has 1 aromatic carbocycles. The van der Waals surface area contributed by atoms with E-state index < -0.39 is 12.0 Å². The molecular formula is C17H26N2O4. The number of aliphatic carboxylic acids is 1. The van der Waals surface area contributed by atoms with Crippen LogP contribution in [0.15, 0.2) is 18.2 Å². The molecule has 23 heavy (non-hydrogen) atoms. The van der Waals surface area contributed by atoms with Gasteiger partial charge in [-0.15, -0.1) is 0 Å². The molecule has 128 valence electrons. The third-order valence-electron chi connectivity index (χ3n) is 4.39. The molecule has 2 rings (SSSR count). The standard InChI is InChI=1S/C17H26N2O4/c1-4-7-18-8-9-19(12(2)11-18)16(17(21)22)13-5-6-14(20)15(10-13)23-3/h5-6,10,12,16,20H,4,7-9,11H2,1-3H3,(H,21,22). The Morgan fingerprint density at radius 3 is 2.74 bits per heavy atom. The smallest absolute Gasteiger partial charge is 0.325 e. The highest BCUT2D eigenvalue weighted by atomic mass is 16.5. The predicted molar refractivity (Wildman–Crippen MR) is 87.9 cm³/mol. The Morgan fingerprint density at radius 1 is 1.43 bits per heavy atom. The fourth-order valence-electron chi connectivity index (χ4n) is 3.29. The number of piperazine rings is 1. The summed E-state index contributed by atoms with van der Waals surface area (Å²) in [7, 11) is 1.46. The summed E-state index contributed by atoms with van der Waals surface area (Å²) in [5.41, 5.74) is 0.628. The van der Waals surface area contributed by atoms with Crippen LogP contribution in [0.3, 0.4) is 0 Å². The maximum Gasteiger partial charge on any atom is 0.325 e. The van der Waals surface area contributed by atoms with E-state index in [1.54, 1.807) is 12.1 Å². The van der Waals surface area contributed by atoms with Gasteiger partial charge in [0.15, 0.2) is 11.5 Å². The lowest BCUT2D eigenvalue weighted by Gasteiger charge is -2.42. The molecule has 1 heterocycles. The van der Waals surface area contributed by atoms with Crippen LogP contribution >= 0.6 is 0 Å². The van der Waals surface area contributed by atoms with Crippen molar-refractivity contribution in [3.05, 3.63) is 23.8 Å². The van der Waals surface area contributed by atoms with E-state index in [0.717, 1.165) is 26.1 Å². The van der Waals surface area contributed by atoms with Gasteiger partial charge in [0, 0.05) is 25.7 Å². The molecule has 1 fully saturated rings. The second-order valence-electron chi connectivity index (χ2n) is 6.06. The van der Waals surface area contributed by atoms with Crippen molar-refractivity contribution in [2.45, 2.75) is 32.4 Å². The number of methoxy groups -OCH3 is 1. The summed E-state index contributed by atoms with van der Waals surface area (Å²) in [6, 6.07) is 4.17. The van der Waals surface area contributed by atoms with Crippen molar-refractivity contribution in [1.29, 1.82) is 0 Å². The number of carboxylic acids is 1. The Kier molecular flexibility index (Phi) is 5.85. The number of carboxylic acid groups (broad SMARTS) is 1. The van der Waals surface area contributed by atoms with Crippen LogP contribution in [0.1, 0.15) is 31.9 Å². The number of hydrogen-bond donors (Lipinski definition) is 2. The minimum absolute atomic E-state index is 0.0150. The van der Waals surface area contributed by atoms with Crippen molar-refractivity contribution < 1.29 is 19.7 Å². The van der Waals surface area contributed by atoms with E-state index in [-0.39, 0.29) is 11.8 Å². The van der Waals surface area contributed by atoms with Gasteiger partial charge in [0.2, 0.25) is 0 Å². The SMILES string of the molecule is CCCN1CCN(C(C(=O)O)c2ccc(O)c(OC)c2)C(C)C1. The first-order valence-electron chi connectivity index (χ1n) is 8.05. The number of phenolic OH excluding ortho intramolecular Hbond substituents is 1. The Morgan fingerprint density at radius 2 is 2.17 bits per heavy atom. The number of nitrogens with zero attached hydrogens (tertiary/aromatic N) is 2. The number of rotatable bonds is 6. The summed E-state index contributed by atoms with van der Waals surface area (Å²) in [4.78, 5) is 16.3. The van der Waals surface area contributed by atoms with Gasteiger partial charge in [-0.1, -0.05) is 13.0 Å².